The van der Waals surface area contributed by atoms with Crippen LogP contribution in [0.3, 0.4) is 0 Å². The molecule has 1 N–H and O–H groups in total. The average Bonchev–Trinajstić information content (AvgIpc) is 2.38. The maximum absolute atomic E-state index is 10.6. The monoisotopic (exact) mass is 138 g/mol. The van der Waals surface area contributed by atoms with Gasteiger partial charge in [-0.25, -0.2) is 4.98 Å². The molecule has 0 aliphatic heterocycles. The van der Waals surface area contributed by atoms with Crippen LogP contribution in [0.15, 0.2) is 11.4 Å². The summed E-state index contributed by atoms with van der Waals surface area (Å²) in [6.45, 7) is 0. The summed E-state index contributed by atoms with van der Waals surface area (Å²) in [7, 11) is 0. The first kappa shape index (κ1) is 6.24. The number of carbonyl (C=O) groups excluding carboxylic acids is 1. The molecule has 1 aromatic heterocycles. The Balaban J connectivity index is 2.87. The molecule has 0 atom stereocenters. The van der Waals surface area contributed by atoms with Gasteiger partial charge in [-0.1, -0.05) is 0 Å². The van der Waals surface area contributed by atoms with Crippen LogP contribution in [0.25, 0.3) is 10.4 Å². The fourth-order valence-corrected chi connectivity index (χ4v) is 0.397. The molecule has 0 aliphatic carbocycles. The van der Waals surface area contributed by atoms with Crippen LogP contribution in [0.4, 0.5) is 0 Å². The van der Waals surface area contributed by atoms with Crippen LogP contribution in [0.5, 0.6) is 0 Å². The molecular formula is C3H2N6O. The standard InChI is InChI=1S/C3H2N6O/c4-9-8-3(10)2-5-1-6-7-2/h1H,(H,5,6,7). The Morgan fingerprint density at radius 2 is 2.70 bits per heavy atom. The van der Waals surface area contributed by atoms with E-state index in [0.717, 1.165) is 6.33 Å². The van der Waals surface area contributed by atoms with Gasteiger partial charge in [-0.2, -0.15) is 5.10 Å². The number of azide groups is 1. The third kappa shape index (κ3) is 1.09. The molecule has 1 heterocycles. The number of hydrogen-bond acceptors (Lipinski definition) is 3. The van der Waals surface area contributed by atoms with Gasteiger partial charge in [0.05, 0.1) is 0 Å². The molecule has 1 rings (SSSR count). The number of nitrogens with one attached hydrogen (secondary N) is 1. The quantitative estimate of drug-likeness (QED) is 0.341. The zero-order chi connectivity index (χ0) is 7.40. The van der Waals surface area contributed by atoms with Crippen LogP contribution >= 0.6 is 0 Å². The molecular weight excluding hydrogens is 136 g/mol. The second kappa shape index (κ2) is 2.60. The Morgan fingerprint density at radius 1 is 1.90 bits per heavy atom. The molecule has 0 bridgehead atoms. The van der Waals surface area contributed by atoms with Gasteiger partial charge in [-0.05, 0) is 10.6 Å². The van der Waals surface area contributed by atoms with Crippen molar-refractivity contribution in [3.8, 4) is 0 Å². The summed E-state index contributed by atoms with van der Waals surface area (Å²) >= 11 is 0. The molecule has 1 aromatic rings. The van der Waals surface area contributed by atoms with Crippen LogP contribution < -0.4 is 0 Å². The highest BCUT2D eigenvalue weighted by Crippen LogP contribution is 1.88. The molecule has 0 radical (unpaired) electrons. The van der Waals surface area contributed by atoms with Crippen molar-refractivity contribution in [1.29, 1.82) is 0 Å². The lowest BCUT2D eigenvalue weighted by molar-refractivity contribution is 0.0991. The summed E-state index contributed by atoms with van der Waals surface area (Å²) in [5.74, 6) is -0.821. The van der Waals surface area contributed by atoms with Crippen LogP contribution in [0, 0.1) is 0 Å². The molecule has 0 spiro atoms. The Hall–Kier alpha value is -1.88. The molecule has 0 aliphatic rings. The zero-order valence-electron chi connectivity index (χ0n) is 4.72. The largest absolute Gasteiger partial charge is 0.285 e. The molecule has 0 unspecified atom stereocenters. The molecule has 0 fully saturated rings. The minimum Gasteiger partial charge on any atom is -0.283 e. The van der Waals surface area contributed by atoms with Gasteiger partial charge in [0.15, 0.2) is 5.82 Å². The van der Waals surface area contributed by atoms with Crippen LogP contribution in [0.1, 0.15) is 10.6 Å². The van der Waals surface area contributed by atoms with Gasteiger partial charge in [0, 0.05) is 4.91 Å². The number of H-pyrrole nitrogens is 1. The maximum Gasteiger partial charge on any atom is 0.285 e. The molecule has 7 nitrogen and oxygen atoms in total. The van der Waals surface area contributed by atoms with E-state index in [1.54, 1.807) is 0 Å². The summed E-state index contributed by atoms with van der Waals surface area (Å²) in [6, 6.07) is 0. The Labute approximate surface area is 54.7 Å². The lowest BCUT2D eigenvalue weighted by atomic mass is 10.6. The van der Waals surface area contributed by atoms with Crippen LogP contribution in [-0.4, -0.2) is 21.1 Å². The summed E-state index contributed by atoms with van der Waals surface area (Å²) in [5, 5.41) is 8.41. The maximum atomic E-state index is 10.6. The SMILES string of the molecule is [N-]=[N+]=NC(=O)c1ncn[nH]1. The van der Waals surface area contributed by atoms with E-state index in [1.807, 2.05) is 0 Å². The fourth-order valence-electron chi connectivity index (χ4n) is 0.397. The topological polar surface area (TPSA) is 107 Å². The minimum atomic E-state index is -0.764. The van der Waals surface area contributed by atoms with Crippen molar-refractivity contribution in [2.45, 2.75) is 0 Å². The predicted molar refractivity (Wildman–Crippen MR) is 29.9 cm³/mol. The van der Waals surface area contributed by atoms with Crippen molar-refractivity contribution in [2.24, 2.45) is 5.11 Å². The number of nitrogens with zero attached hydrogens (tertiary/aromatic N) is 5. The summed E-state index contributed by atoms with van der Waals surface area (Å²) in [5.41, 5.74) is 7.81. The normalized spacial score (nSPS) is 8.40. The van der Waals surface area contributed by atoms with Gasteiger partial charge >= 0.3 is 0 Å². The van der Waals surface area contributed by atoms with E-state index in [2.05, 4.69) is 25.2 Å². The fraction of sp³-hybridized carbons (Fsp3) is 0. The van der Waals surface area contributed by atoms with Crippen molar-refractivity contribution in [3.63, 3.8) is 0 Å². The van der Waals surface area contributed by atoms with E-state index in [1.165, 1.54) is 0 Å². The molecule has 10 heavy (non-hydrogen) atoms. The summed E-state index contributed by atoms with van der Waals surface area (Å²) in [4.78, 5) is 16.3. The second-order valence-electron chi connectivity index (χ2n) is 1.33. The van der Waals surface area contributed by atoms with Gasteiger partial charge in [0.25, 0.3) is 5.91 Å². The number of rotatable bonds is 1. The lowest BCUT2D eigenvalue weighted by Gasteiger charge is -1.79. The van der Waals surface area contributed by atoms with Crippen molar-refractivity contribution >= 4 is 5.91 Å². The number of amides is 1. The van der Waals surface area contributed by atoms with E-state index in [-0.39, 0.29) is 5.82 Å². The van der Waals surface area contributed by atoms with Crippen LogP contribution in [0.2, 0.25) is 0 Å². The Morgan fingerprint density at radius 3 is 3.20 bits per heavy atom. The molecule has 0 aromatic carbocycles. The highest BCUT2D eigenvalue weighted by molar-refractivity contribution is 5.90. The molecule has 0 saturated heterocycles. The van der Waals surface area contributed by atoms with Crippen LogP contribution in [-0.2, 0) is 0 Å². The Bertz CT molecular complexity index is 269. The highest BCUT2D eigenvalue weighted by Gasteiger charge is 2.03. The highest BCUT2D eigenvalue weighted by atomic mass is 16.2. The van der Waals surface area contributed by atoms with E-state index in [4.69, 9.17) is 5.53 Å². The Kier molecular flexibility index (Phi) is 1.63. The number of carbonyl (C=O) groups is 1. The number of aromatic nitrogens is 3. The van der Waals surface area contributed by atoms with Crippen molar-refractivity contribution < 1.29 is 4.79 Å². The lowest BCUT2D eigenvalue weighted by Crippen LogP contribution is -1.95. The summed E-state index contributed by atoms with van der Waals surface area (Å²) < 4.78 is 0. The van der Waals surface area contributed by atoms with Gasteiger partial charge in [0.1, 0.15) is 6.33 Å². The number of hydrogen-bond donors (Lipinski definition) is 1. The second-order valence-corrected chi connectivity index (χ2v) is 1.33. The minimum absolute atomic E-state index is 0.0576. The third-order valence-corrected chi connectivity index (χ3v) is 0.753. The van der Waals surface area contributed by atoms with E-state index in [9.17, 15) is 4.79 Å². The molecule has 50 valence electrons. The van der Waals surface area contributed by atoms with E-state index >= 15 is 0 Å². The summed E-state index contributed by atoms with van der Waals surface area (Å²) in [6.07, 6.45) is 1.15. The first-order chi connectivity index (χ1) is 4.84. The van der Waals surface area contributed by atoms with Gasteiger partial charge in [-0.3, -0.25) is 9.89 Å². The third-order valence-electron chi connectivity index (χ3n) is 0.753. The van der Waals surface area contributed by atoms with Gasteiger partial charge in [-0.15, -0.1) is 0 Å². The van der Waals surface area contributed by atoms with E-state index in [0.29, 0.717) is 0 Å². The van der Waals surface area contributed by atoms with Gasteiger partial charge in [0.2, 0.25) is 0 Å². The van der Waals surface area contributed by atoms with Crippen molar-refractivity contribution in [3.05, 3.63) is 22.6 Å². The molecule has 1 amide bonds. The zero-order valence-corrected chi connectivity index (χ0v) is 4.72. The number of aromatic amines is 1. The predicted octanol–water partition coefficient (Wildman–Crippen LogP) is 0.255. The molecule has 0 saturated carbocycles. The average molecular weight is 138 g/mol. The molecule has 7 heteroatoms. The van der Waals surface area contributed by atoms with Gasteiger partial charge < -0.3 is 0 Å². The van der Waals surface area contributed by atoms with Crippen molar-refractivity contribution in [1.82, 2.24) is 15.2 Å². The van der Waals surface area contributed by atoms with Crippen molar-refractivity contribution in [2.75, 3.05) is 0 Å². The first-order valence-electron chi connectivity index (χ1n) is 2.29. The smallest absolute Gasteiger partial charge is 0.283 e. The van der Waals surface area contributed by atoms with E-state index < -0.39 is 5.91 Å². The first-order valence-corrected chi connectivity index (χ1v) is 2.29.